The second kappa shape index (κ2) is 13.1. The van der Waals surface area contributed by atoms with Crippen LogP contribution in [0.3, 0.4) is 0 Å². The first-order valence-electron chi connectivity index (χ1n) is 16.6. The van der Waals surface area contributed by atoms with Crippen molar-refractivity contribution in [3.63, 3.8) is 0 Å². The van der Waals surface area contributed by atoms with Crippen LogP contribution in [-0.4, -0.2) is 56.9 Å². The highest BCUT2D eigenvalue weighted by Crippen LogP contribution is 2.56. The highest BCUT2D eigenvalue weighted by Gasteiger charge is 2.56. The van der Waals surface area contributed by atoms with Crippen LogP contribution in [0.25, 0.3) is 12.2 Å². The lowest BCUT2D eigenvalue weighted by atomic mass is 9.59. The molecule has 0 bridgehead atoms. The molecule has 3 aliphatic carbocycles. The van der Waals surface area contributed by atoms with Crippen molar-refractivity contribution in [2.45, 2.75) is 25.7 Å². The number of amides is 2. The lowest BCUT2D eigenvalue weighted by Gasteiger charge is -2.42. The quantitative estimate of drug-likeness (QED) is 0.127. The van der Waals surface area contributed by atoms with Crippen LogP contribution >= 0.6 is 0 Å². The van der Waals surface area contributed by atoms with Gasteiger partial charge < -0.3 is 24.1 Å². The summed E-state index contributed by atoms with van der Waals surface area (Å²) in [5.74, 6) is -2.27. The molecule has 1 heterocycles. The molecule has 1 fully saturated rings. The monoisotopic (exact) mass is 687 g/mol. The Morgan fingerprint density at radius 2 is 1.47 bits per heavy atom. The van der Waals surface area contributed by atoms with Gasteiger partial charge in [0.15, 0.2) is 23.1 Å². The third-order valence-electron chi connectivity index (χ3n) is 10.4. The number of methoxy groups -OCH3 is 4. The number of ether oxygens (including phenoxy) is 4. The second-order valence-corrected chi connectivity index (χ2v) is 13.0. The molecule has 2 amide bonds. The van der Waals surface area contributed by atoms with Gasteiger partial charge in [-0.05, 0) is 85.4 Å². The Morgan fingerprint density at radius 1 is 0.784 bits per heavy atom. The molecule has 3 aromatic carbocycles. The molecule has 0 aromatic heterocycles. The van der Waals surface area contributed by atoms with E-state index in [-0.39, 0.29) is 47.1 Å². The topological polar surface area (TPSA) is 129 Å². The number of nitrogens with zero attached hydrogens (tertiary/aromatic N) is 1. The number of hydrogen-bond acceptors (Lipinski definition) is 9. The van der Waals surface area contributed by atoms with Crippen molar-refractivity contribution in [2.75, 3.05) is 33.3 Å². The molecule has 0 saturated carbocycles. The van der Waals surface area contributed by atoms with Crippen molar-refractivity contribution in [1.82, 2.24) is 0 Å². The number of benzene rings is 3. The Hall–Kier alpha value is -5.90. The summed E-state index contributed by atoms with van der Waals surface area (Å²) in [5.41, 5.74) is 4.51. The summed E-state index contributed by atoms with van der Waals surface area (Å²) in [6, 6.07) is 15.9. The molecule has 3 aromatic rings. The molecule has 1 saturated heterocycles. The van der Waals surface area contributed by atoms with Gasteiger partial charge in [-0.1, -0.05) is 35.9 Å². The highest BCUT2D eigenvalue weighted by atomic mass is 16.5. The van der Waals surface area contributed by atoms with Crippen LogP contribution in [0.5, 0.6) is 28.7 Å². The maximum atomic E-state index is 14.4. The minimum absolute atomic E-state index is 0.142. The number of aromatic hydroxyl groups is 1. The van der Waals surface area contributed by atoms with Crippen LogP contribution in [0, 0.1) is 17.8 Å². The smallest absolute Gasteiger partial charge is 0.238 e. The summed E-state index contributed by atoms with van der Waals surface area (Å²) < 4.78 is 21.7. The van der Waals surface area contributed by atoms with Crippen molar-refractivity contribution in [3.8, 4) is 28.7 Å². The Morgan fingerprint density at radius 3 is 2.12 bits per heavy atom. The fourth-order valence-electron chi connectivity index (χ4n) is 7.99. The SMILES string of the molecule is COc1ccc(OC)c(C=Cc2ccc(N3C(=O)C4CC=C5C(c6cc(OC)c(O)c(OC)c6)C6=C(CC5C4C3=O)C(=O)C(C)=CC6=O)cc2)c1. The zero-order valence-corrected chi connectivity index (χ0v) is 28.9. The summed E-state index contributed by atoms with van der Waals surface area (Å²) in [4.78, 5) is 56.9. The van der Waals surface area contributed by atoms with Gasteiger partial charge in [0.2, 0.25) is 17.6 Å². The molecule has 4 unspecified atom stereocenters. The number of imide groups is 1. The van der Waals surface area contributed by atoms with Crippen molar-refractivity contribution in [2.24, 2.45) is 17.8 Å². The molecule has 1 N–H and O–H groups in total. The van der Waals surface area contributed by atoms with E-state index in [0.29, 0.717) is 45.9 Å². The number of phenolic OH excluding ortho intramolecular Hbond substituents is 1. The first-order valence-corrected chi connectivity index (χ1v) is 16.6. The van der Waals surface area contributed by atoms with Gasteiger partial charge in [0.05, 0.1) is 46.0 Å². The van der Waals surface area contributed by atoms with E-state index < -0.39 is 23.7 Å². The molecule has 4 aliphatic rings. The minimum atomic E-state index is -0.732. The van der Waals surface area contributed by atoms with Crippen LogP contribution < -0.4 is 23.8 Å². The number of Topliss-reactive ketones (excluding diaryl/α,β-unsaturated/α-hetero) is 1. The summed E-state index contributed by atoms with van der Waals surface area (Å²) in [6.07, 6.45) is 7.57. The molecule has 0 radical (unpaired) electrons. The van der Waals surface area contributed by atoms with Gasteiger partial charge in [-0.15, -0.1) is 0 Å². The summed E-state index contributed by atoms with van der Waals surface area (Å²) in [6.45, 7) is 1.61. The first-order chi connectivity index (χ1) is 24.6. The van der Waals surface area contributed by atoms with Gasteiger partial charge in [-0.3, -0.25) is 24.1 Å². The van der Waals surface area contributed by atoms with Crippen LogP contribution in [0.1, 0.15) is 42.4 Å². The maximum absolute atomic E-state index is 14.4. The van der Waals surface area contributed by atoms with E-state index in [1.165, 1.54) is 25.2 Å². The largest absolute Gasteiger partial charge is 0.502 e. The normalized spacial score (nSPS) is 22.7. The highest BCUT2D eigenvalue weighted by molar-refractivity contribution is 6.25. The van der Waals surface area contributed by atoms with Crippen molar-refractivity contribution < 1.29 is 43.2 Å². The lowest BCUT2D eigenvalue weighted by molar-refractivity contribution is -0.123. The number of anilines is 1. The Labute approximate surface area is 295 Å². The summed E-state index contributed by atoms with van der Waals surface area (Å²) in [7, 11) is 6.03. The van der Waals surface area contributed by atoms with Gasteiger partial charge in [0, 0.05) is 28.2 Å². The third-order valence-corrected chi connectivity index (χ3v) is 10.4. The Kier molecular flexibility index (Phi) is 8.62. The van der Waals surface area contributed by atoms with E-state index in [9.17, 15) is 24.3 Å². The number of carbonyl (C=O) groups is 4. The molecule has 1 aliphatic heterocycles. The van der Waals surface area contributed by atoms with Crippen LogP contribution in [0.4, 0.5) is 5.69 Å². The van der Waals surface area contributed by atoms with Gasteiger partial charge in [0.25, 0.3) is 0 Å². The van der Waals surface area contributed by atoms with Crippen LogP contribution in [-0.2, 0) is 19.2 Å². The maximum Gasteiger partial charge on any atom is 0.238 e. The number of hydrogen-bond donors (Lipinski definition) is 1. The minimum Gasteiger partial charge on any atom is -0.502 e. The van der Waals surface area contributed by atoms with E-state index in [1.807, 2.05) is 48.6 Å². The molecule has 10 nitrogen and oxygen atoms in total. The van der Waals surface area contributed by atoms with Crippen molar-refractivity contribution in [1.29, 1.82) is 0 Å². The zero-order valence-electron chi connectivity index (χ0n) is 28.9. The first kappa shape index (κ1) is 33.6. The predicted octanol–water partition coefficient (Wildman–Crippen LogP) is 6.23. The lowest BCUT2D eigenvalue weighted by Crippen LogP contribution is -2.39. The molecular weight excluding hydrogens is 650 g/mol. The average molecular weight is 688 g/mol. The molecular formula is C41H37NO9. The summed E-state index contributed by atoms with van der Waals surface area (Å²) >= 11 is 0. The van der Waals surface area contributed by atoms with Gasteiger partial charge in [-0.25, -0.2) is 0 Å². The van der Waals surface area contributed by atoms with E-state index in [4.69, 9.17) is 18.9 Å². The van der Waals surface area contributed by atoms with E-state index >= 15 is 0 Å². The van der Waals surface area contributed by atoms with E-state index in [0.717, 1.165) is 16.7 Å². The fraction of sp³-hybridized carbons (Fsp3) is 0.268. The Bertz CT molecular complexity index is 2100. The van der Waals surface area contributed by atoms with E-state index in [2.05, 4.69) is 0 Å². The van der Waals surface area contributed by atoms with Crippen LogP contribution in [0.2, 0.25) is 0 Å². The number of rotatable bonds is 8. The second-order valence-electron chi connectivity index (χ2n) is 13.0. The molecule has 260 valence electrons. The zero-order chi connectivity index (χ0) is 36.1. The van der Waals surface area contributed by atoms with Gasteiger partial charge in [-0.2, -0.15) is 0 Å². The number of fused-ring (bicyclic) bond motifs is 3. The molecule has 4 atom stereocenters. The average Bonchev–Trinajstić information content (AvgIpc) is 3.41. The number of phenols is 1. The number of allylic oxidation sites excluding steroid dienone is 6. The molecule has 7 rings (SSSR count). The predicted molar refractivity (Wildman–Crippen MR) is 190 cm³/mol. The molecule has 0 spiro atoms. The van der Waals surface area contributed by atoms with Crippen molar-refractivity contribution in [3.05, 3.63) is 106 Å². The summed E-state index contributed by atoms with van der Waals surface area (Å²) in [5, 5.41) is 10.7. The number of ketones is 2. The standard InChI is InChI=1S/C41H37NO9/c1-21-16-31(43)37-30(38(21)44)20-29-27(35(37)24-18-33(50-4)39(45)34(19-24)51-5)13-14-28-36(29)41(47)42(40(28)46)25-10-7-22(8-11-25)6-9-23-17-26(48-2)12-15-32(23)49-3/h6-13,15-19,28-29,35-36,45H,14,20H2,1-5H3. The van der Waals surface area contributed by atoms with Crippen molar-refractivity contribution >= 4 is 41.2 Å². The number of carbonyl (C=O) groups excluding carboxylic acids is 4. The third kappa shape index (κ3) is 5.51. The molecule has 51 heavy (non-hydrogen) atoms. The van der Waals surface area contributed by atoms with Gasteiger partial charge in [0.1, 0.15) is 11.5 Å². The fourth-order valence-corrected chi connectivity index (χ4v) is 7.99. The van der Waals surface area contributed by atoms with Crippen LogP contribution in [0.15, 0.2) is 89.0 Å². The van der Waals surface area contributed by atoms with Gasteiger partial charge >= 0.3 is 0 Å². The van der Waals surface area contributed by atoms with E-state index in [1.54, 1.807) is 45.4 Å². The molecule has 10 heteroatoms. The Balaban J connectivity index is 1.23.